The maximum Gasteiger partial charge on any atom is 0.337 e. The Morgan fingerprint density at radius 3 is 2.90 bits per heavy atom. The van der Waals surface area contributed by atoms with E-state index in [1.807, 2.05) is 12.1 Å². The van der Waals surface area contributed by atoms with Crippen LogP contribution in [-0.2, 0) is 11.3 Å². The number of carbonyl (C=O) groups is 1. The molecule has 0 aliphatic carbocycles. The van der Waals surface area contributed by atoms with Gasteiger partial charge in [-0.1, -0.05) is 12.1 Å². The fourth-order valence-electron chi connectivity index (χ4n) is 2.27. The summed E-state index contributed by atoms with van der Waals surface area (Å²) in [4.78, 5) is 11.5. The zero-order valence-electron chi connectivity index (χ0n) is 11.4. The Labute approximate surface area is 120 Å². The van der Waals surface area contributed by atoms with Crippen molar-refractivity contribution in [3.05, 3.63) is 65.6 Å². The molecule has 0 aliphatic heterocycles. The first-order valence-electron chi connectivity index (χ1n) is 6.46. The number of rotatable bonds is 3. The van der Waals surface area contributed by atoms with Crippen LogP contribution < -0.4 is 0 Å². The SMILES string of the molecule is COC(=O)c1ccc2c(cnn2Cc2cccc(F)c2)c1. The average molecular weight is 284 g/mol. The number of carbonyl (C=O) groups excluding carboxylic acids is 1. The summed E-state index contributed by atoms with van der Waals surface area (Å²) >= 11 is 0. The third-order valence-electron chi connectivity index (χ3n) is 3.28. The van der Waals surface area contributed by atoms with Crippen molar-refractivity contribution in [1.29, 1.82) is 0 Å². The maximum absolute atomic E-state index is 13.2. The van der Waals surface area contributed by atoms with E-state index >= 15 is 0 Å². The summed E-state index contributed by atoms with van der Waals surface area (Å²) in [7, 11) is 1.35. The molecule has 3 rings (SSSR count). The molecule has 5 heteroatoms. The normalized spacial score (nSPS) is 10.8. The van der Waals surface area contributed by atoms with E-state index in [-0.39, 0.29) is 11.8 Å². The van der Waals surface area contributed by atoms with Gasteiger partial charge in [-0.2, -0.15) is 5.10 Å². The van der Waals surface area contributed by atoms with Gasteiger partial charge in [0.05, 0.1) is 30.9 Å². The number of ether oxygens (including phenoxy) is 1. The van der Waals surface area contributed by atoms with Crippen molar-refractivity contribution in [2.24, 2.45) is 0 Å². The third-order valence-corrected chi connectivity index (χ3v) is 3.28. The number of halogens is 1. The highest BCUT2D eigenvalue weighted by Gasteiger charge is 2.09. The largest absolute Gasteiger partial charge is 0.465 e. The Hall–Kier alpha value is -2.69. The fraction of sp³-hybridized carbons (Fsp3) is 0.125. The molecule has 3 aromatic rings. The van der Waals surface area contributed by atoms with Crippen LogP contribution in [0, 0.1) is 5.82 Å². The first-order valence-corrected chi connectivity index (χ1v) is 6.46. The van der Waals surface area contributed by atoms with Crippen LogP contribution >= 0.6 is 0 Å². The van der Waals surface area contributed by atoms with Crippen LogP contribution in [-0.4, -0.2) is 22.9 Å². The molecule has 0 atom stereocenters. The average Bonchev–Trinajstić information content (AvgIpc) is 2.89. The van der Waals surface area contributed by atoms with E-state index in [1.54, 1.807) is 29.1 Å². The Morgan fingerprint density at radius 1 is 1.29 bits per heavy atom. The Balaban J connectivity index is 1.95. The van der Waals surface area contributed by atoms with Crippen molar-refractivity contribution in [1.82, 2.24) is 9.78 Å². The molecule has 0 bridgehead atoms. The van der Waals surface area contributed by atoms with Gasteiger partial charge in [0.15, 0.2) is 0 Å². The van der Waals surface area contributed by atoms with Crippen LogP contribution in [0.25, 0.3) is 10.9 Å². The molecule has 0 amide bonds. The van der Waals surface area contributed by atoms with Gasteiger partial charge in [0.1, 0.15) is 5.82 Å². The second-order valence-electron chi connectivity index (χ2n) is 4.70. The first kappa shape index (κ1) is 13.3. The monoisotopic (exact) mass is 284 g/mol. The summed E-state index contributed by atoms with van der Waals surface area (Å²) in [5.41, 5.74) is 2.19. The van der Waals surface area contributed by atoms with Crippen LogP contribution in [0.15, 0.2) is 48.7 Å². The molecular formula is C16H13FN2O2. The molecule has 0 unspecified atom stereocenters. The smallest absolute Gasteiger partial charge is 0.337 e. The molecular weight excluding hydrogens is 271 g/mol. The third kappa shape index (κ3) is 2.63. The van der Waals surface area contributed by atoms with Crippen molar-refractivity contribution < 1.29 is 13.9 Å². The molecule has 0 N–H and O–H groups in total. The van der Waals surface area contributed by atoms with E-state index in [4.69, 9.17) is 4.74 Å². The number of esters is 1. The van der Waals surface area contributed by atoms with Gasteiger partial charge in [-0.25, -0.2) is 9.18 Å². The Bertz CT molecular complexity index is 811. The van der Waals surface area contributed by atoms with Crippen molar-refractivity contribution >= 4 is 16.9 Å². The molecule has 1 aromatic heterocycles. The van der Waals surface area contributed by atoms with Gasteiger partial charge in [-0.15, -0.1) is 0 Å². The number of methoxy groups -OCH3 is 1. The lowest BCUT2D eigenvalue weighted by Gasteiger charge is -2.05. The lowest BCUT2D eigenvalue weighted by atomic mass is 10.1. The molecule has 0 saturated carbocycles. The van der Waals surface area contributed by atoms with Gasteiger partial charge < -0.3 is 4.74 Å². The quantitative estimate of drug-likeness (QED) is 0.694. The highest BCUT2D eigenvalue weighted by molar-refractivity contribution is 5.94. The lowest BCUT2D eigenvalue weighted by Crippen LogP contribution is -2.03. The molecule has 0 spiro atoms. The Kier molecular flexibility index (Phi) is 3.39. The van der Waals surface area contributed by atoms with Gasteiger partial charge in [0, 0.05) is 5.39 Å². The standard InChI is InChI=1S/C16H13FN2O2/c1-21-16(20)12-5-6-15-13(8-12)9-18-19(15)10-11-3-2-4-14(17)7-11/h2-9H,10H2,1H3. The summed E-state index contributed by atoms with van der Waals surface area (Å²) in [5, 5.41) is 5.13. The predicted octanol–water partition coefficient (Wildman–Crippen LogP) is 3.01. The van der Waals surface area contributed by atoms with Crippen molar-refractivity contribution in [3.63, 3.8) is 0 Å². The van der Waals surface area contributed by atoms with Crippen LogP contribution in [0.3, 0.4) is 0 Å². The van der Waals surface area contributed by atoms with Crippen molar-refractivity contribution in [3.8, 4) is 0 Å². The number of fused-ring (bicyclic) bond motifs is 1. The van der Waals surface area contributed by atoms with Gasteiger partial charge in [-0.05, 0) is 35.9 Å². The molecule has 0 fully saturated rings. The summed E-state index contributed by atoms with van der Waals surface area (Å²) in [6, 6.07) is 11.6. The van der Waals surface area contributed by atoms with Crippen LogP contribution in [0.5, 0.6) is 0 Å². The highest BCUT2D eigenvalue weighted by Crippen LogP contribution is 2.18. The molecule has 21 heavy (non-hydrogen) atoms. The van der Waals surface area contributed by atoms with Crippen molar-refractivity contribution in [2.75, 3.05) is 7.11 Å². The Morgan fingerprint density at radius 2 is 2.14 bits per heavy atom. The molecule has 0 aliphatic rings. The van der Waals surface area contributed by atoms with Gasteiger partial charge in [0.2, 0.25) is 0 Å². The van der Waals surface area contributed by atoms with E-state index in [2.05, 4.69) is 5.10 Å². The van der Waals surface area contributed by atoms with E-state index in [0.717, 1.165) is 16.5 Å². The molecule has 1 heterocycles. The van der Waals surface area contributed by atoms with E-state index in [1.165, 1.54) is 19.2 Å². The number of hydrogen-bond donors (Lipinski definition) is 0. The summed E-state index contributed by atoms with van der Waals surface area (Å²) < 4.78 is 19.7. The summed E-state index contributed by atoms with van der Waals surface area (Å²) in [6.07, 6.45) is 1.68. The molecule has 0 radical (unpaired) electrons. The predicted molar refractivity (Wildman–Crippen MR) is 76.6 cm³/mol. The highest BCUT2D eigenvalue weighted by atomic mass is 19.1. The molecule has 2 aromatic carbocycles. The second-order valence-corrected chi connectivity index (χ2v) is 4.70. The minimum atomic E-state index is -0.380. The minimum Gasteiger partial charge on any atom is -0.465 e. The number of hydrogen-bond acceptors (Lipinski definition) is 3. The van der Waals surface area contributed by atoms with Gasteiger partial charge >= 0.3 is 5.97 Å². The van der Waals surface area contributed by atoms with Gasteiger partial charge in [-0.3, -0.25) is 4.68 Å². The first-order chi connectivity index (χ1) is 10.2. The molecule has 4 nitrogen and oxygen atoms in total. The van der Waals surface area contributed by atoms with Crippen LogP contribution in [0.4, 0.5) is 4.39 Å². The van der Waals surface area contributed by atoms with Crippen molar-refractivity contribution in [2.45, 2.75) is 6.54 Å². The number of benzene rings is 2. The molecule has 106 valence electrons. The second kappa shape index (κ2) is 5.36. The zero-order chi connectivity index (χ0) is 14.8. The van der Waals surface area contributed by atoms with E-state index < -0.39 is 0 Å². The van der Waals surface area contributed by atoms with Crippen LogP contribution in [0.2, 0.25) is 0 Å². The number of aromatic nitrogens is 2. The van der Waals surface area contributed by atoms with E-state index in [0.29, 0.717) is 12.1 Å². The van der Waals surface area contributed by atoms with Gasteiger partial charge in [0.25, 0.3) is 0 Å². The zero-order valence-corrected chi connectivity index (χ0v) is 11.4. The summed E-state index contributed by atoms with van der Waals surface area (Å²) in [6.45, 7) is 0.471. The fourth-order valence-corrected chi connectivity index (χ4v) is 2.27. The topological polar surface area (TPSA) is 44.1 Å². The summed E-state index contributed by atoms with van der Waals surface area (Å²) in [5.74, 6) is -0.647. The van der Waals surface area contributed by atoms with Crippen LogP contribution in [0.1, 0.15) is 15.9 Å². The number of nitrogens with zero attached hydrogens (tertiary/aromatic N) is 2. The maximum atomic E-state index is 13.2. The van der Waals surface area contributed by atoms with E-state index in [9.17, 15) is 9.18 Å². The lowest BCUT2D eigenvalue weighted by molar-refractivity contribution is 0.0601. The minimum absolute atomic E-state index is 0.267. The molecule has 0 saturated heterocycles.